The first-order valence-corrected chi connectivity index (χ1v) is 7.85. The zero-order valence-corrected chi connectivity index (χ0v) is 13.4. The maximum atomic E-state index is 6.30. The summed E-state index contributed by atoms with van der Waals surface area (Å²) in [5.41, 5.74) is 1.19. The molecule has 20 heavy (non-hydrogen) atoms. The fourth-order valence-electron chi connectivity index (χ4n) is 2.32. The van der Waals surface area contributed by atoms with Crippen LogP contribution in [-0.2, 0) is 0 Å². The molecule has 0 bridgehead atoms. The summed E-state index contributed by atoms with van der Waals surface area (Å²) in [5, 5.41) is 4.08. The molecular formula is C16H25ClN2O. The Hall–Kier alpha value is -0.770. The Kier molecular flexibility index (Phi) is 5.70. The van der Waals surface area contributed by atoms with Crippen molar-refractivity contribution >= 4 is 11.6 Å². The van der Waals surface area contributed by atoms with Crippen molar-refractivity contribution in [3.63, 3.8) is 0 Å². The molecule has 0 saturated heterocycles. The van der Waals surface area contributed by atoms with Gasteiger partial charge in [-0.15, -0.1) is 0 Å². The summed E-state index contributed by atoms with van der Waals surface area (Å²) in [6.07, 6.45) is 2.66. The molecule has 1 aliphatic rings. The highest BCUT2D eigenvalue weighted by Crippen LogP contribution is 2.28. The van der Waals surface area contributed by atoms with Crippen LogP contribution in [0.15, 0.2) is 18.2 Å². The summed E-state index contributed by atoms with van der Waals surface area (Å²) in [7, 11) is 2.16. The highest BCUT2D eigenvalue weighted by atomic mass is 35.5. The first-order chi connectivity index (χ1) is 9.61. The molecule has 1 unspecified atom stereocenters. The van der Waals surface area contributed by atoms with Crippen LogP contribution in [0.2, 0.25) is 5.02 Å². The van der Waals surface area contributed by atoms with Gasteiger partial charge >= 0.3 is 0 Å². The normalized spacial score (nSPS) is 16.4. The van der Waals surface area contributed by atoms with Crippen LogP contribution in [0.4, 0.5) is 0 Å². The van der Waals surface area contributed by atoms with Gasteiger partial charge in [0.1, 0.15) is 12.4 Å². The van der Waals surface area contributed by atoms with E-state index in [1.807, 2.05) is 12.1 Å². The van der Waals surface area contributed by atoms with E-state index < -0.39 is 0 Å². The van der Waals surface area contributed by atoms with Gasteiger partial charge in [-0.2, -0.15) is 0 Å². The van der Waals surface area contributed by atoms with E-state index in [2.05, 4.69) is 37.2 Å². The van der Waals surface area contributed by atoms with E-state index in [4.69, 9.17) is 16.3 Å². The van der Waals surface area contributed by atoms with Crippen LogP contribution in [0, 0.1) is 0 Å². The van der Waals surface area contributed by atoms with E-state index in [9.17, 15) is 0 Å². The summed E-state index contributed by atoms with van der Waals surface area (Å²) >= 11 is 6.30. The molecule has 0 heterocycles. The number of nitrogens with zero attached hydrogens (tertiary/aromatic N) is 1. The summed E-state index contributed by atoms with van der Waals surface area (Å²) < 4.78 is 5.79. The second-order valence-corrected chi connectivity index (χ2v) is 5.94. The Balaban J connectivity index is 1.85. The molecule has 0 amide bonds. The molecule has 0 spiro atoms. The molecule has 0 aliphatic heterocycles. The Morgan fingerprint density at radius 3 is 2.80 bits per heavy atom. The molecular weight excluding hydrogens is 272 g/mol. The van der Waals surface area contributed by atoms with Gasteiger partial charge in [0.2, 0.25) is 0 Å². The van der Waals surface area contributed by atoms with Crippen LogP contribution in [0.3, 0.4) is 0 Å². The first-order valence-electron chi connectivity index (χ1n) is 7.47. The van der Waals surface area contributed by atoms with Gasteiger partial charge in [0, 0.05) is 18.6 Å². The minimum absolute atomic E-state index is 0.313. The van der Waals surface area contributed by atoms with Crippen LogP contribution in [0.25, 0.3) is 0 Å². The Labute approximate surface area is 127 Å². The number of hydrogen-bond acceptors (Lipinski definition) is 3. The molecule has 112 valence electrons. The van der Waals surface area contributed by atoms with Crippen LogP contribution < -0.4 is 10.1 Å². The van der Waals surface area contributed by atoms with Crippen molar-refractivity contribution in [1.82, 2.24) is 10.2 Å². The number of hydrogen-bond donors (Lipinski definition) is 1. The number of halogens is 1. The maximum Gasteiger partial charge on any atom is 0.137 e. The van der Waals surface area contributed by atoms with E-state index >= 15 is 0 Å². The highest BCUT2D eigenvalue weighted by Gasteiger charge is 2.25. The lowest BCUT2D eigenvalue weighted by Crippen LogP contribution is -2.26. The first kappa shape index (κ1) is 15.6. The molecule has 1 N–H and O–H groups in total. The van der Waals surface area contributed by atoms with Gasteiger partial charge in [0.15, 0.2) is 0 Å². The topological polar surface area (TPSA) is 24.5 Å². The zero-order chi connectivity index (χ0) is 14.5. The third-order valence-electron chi connectivity index (χ3n) is 3.84. The molecule has 1 fully saturated rings. The molecule has 4 heteroatoms. The minimum Gasteiger partial charge on any atom is -0.491 e. The van der Waals surface area contributed by atoms with Gasteiger partial charge in [0.05, 0.1) is 5.02 Å². The number of ether oxygens (including phenoxy) is 1. The van der Waals surface area contributed by atoms with E-state index in [1.54, 1.807) is 0 Å². The van der Waals surface area contributed by atoms with Gasteiger partial charge in [-0.05, 0) is 51.1 Å². The third-order valence-corrected chi connectivity index (χ3v) is 4.13. The van der Waals surface area contributed by atoms with Crippen molar-refractivity contribution in [2.45, 2.75) is 38.8 Å². The zero-order valence-electron chi connectivity index (χ0n) is 12.7. The molecule has 1 aromatic carbocycles. The quantitative estimate of drug-likeness (QED) is 0.795. The smallest absolute Gasteiger partial charge is 0.137 e. The van der Waals surface area contributed by atoms with Crippen molar-refractivity contribution in [1.29, 1.82) is 0 Å². The van der Waals surface area contributed by atoms with Crippen LogP contribution in [0.5, 0.6) is 5.75 Å². The molecule has 2 rings (SSSR count). The van der Waals surface area contributed by atoms with Gasteiger partial charge in [-0.3, -0.25) is 0 Å². The molecule has 1 saturated carbocycles. The Morgan fingerprint density at radius 2 is 2.20 bits per heavy atom. The summed E-state index contributed by atoms with van der Waals surface area (Å²) in [6.45, 7) is 6.84. The van der Waals surface area contributed by atoms with Crippen molar-refractivity contribution in [2.75, 3.05) is 26.7 Å². The van der Waals surface area contributed by atoms with E-state index in [1.165, 1.54) is 18.4 Å². The Bertz CT molecular complexity index is 434. The number of rotatable bonds is 8. The predicted octanol–water partition coefficient (Wildman–Crippen LogP) is 3.48. The van der Waals surface area contributed by atoms with Crippen LogP contribution in [0.1, 0.15) is 38.3 Å². The predicted molar refractivity (Wildman–Crippen MR) is 84.7 cm³/mol. The van der Waals surface area contributed by atoms with E-state index in [-0.39, 0.29) is 0 Å². The number of benzene rings is 1. The lowest BCUT2D eigenvalue weighted by atomic mass is 10.1. The molecule has 3 nitrogen and oxygen atoms in total. The maximum absolute atomic E-state index is 6.30. The van der Waals surface area contributed by atoms with E-state index in [0.717, 1.165) is 24.9 Å². The van der Waals surface area contributed by atoms with Gasteiger partial charge < -0.3 is 15.0 Å². The molecule has 0 aromatic heterocycles. The monoisotopic (exact) mass is 296 g/mol. The highest BCUT2D eigenvalue weighted by molar-refractivity contribution is 6.32. The van der Waals surface area contributed by atoms with Crippen molar-refractivity contribution < 1.29 is 4.74 Å². The molecule has 1 atom stereocenters. The SMILES string of the molecule is CCNC(C)c1ccc(OCCN(C)C2CC2)c(Cl)c1. The lowest BCUT2D eigenvalue weighted by molar-refractivity contribution is 0.232. The molecule has 1 aromatic rings. The third kappa shape index (κ3) is 4.37. The largest absolute Gasteiger partial charge is 0.491 e. The second kappa shape index (κ2) is 7.30. The average molecular weight is 297 g/mol. The minimum atomic E-state index is 0.313. The van der Waals surface area contributed by atoms with Gasteiger partial charge in [-0.25, -0.2) is 0 Å². The van der Waals surface area contributed by atoms with Crippen LogP contribution >= 0.6 is 11.6 Å². The van der Waals surface area contributed by atoms with Crippen LogP contribution in [-0.4, -0.2) is 37.7 Å². The lowest BCUT2D eigenvalue weighted by Gasteiger charge is -2.17. The second-order valence-electron chi connectivity index (χ2n) is 5.53. The molecule has 1 aliphatic carbocycles. The standard InChI is InChI=1S/C16H25ClN2O/c1-4-18-12(2)13-5-8-16(15(17)11-13)20-10-9-19(3)14-6-7-14/h5,8,11-12,14,18H,4,6-7,9-10H2,1-3H3. The van der Waals surface area contributed by atoms with Gasteiger partial charge in [0.25, 0.3) is 0 Å². The summed E-state index contributed by atoms with van der Waals surface area (Å²) in [4.78, 5) is 2.36. The number of nitrogens with one attached hydrogen (secondary N) is 1. The van der Waals surface area contributed by atoms with E-state index in [0.29, 0.717) is 17.7 Å². The molecule has 0 radical (unpaired) electrons. The van der Waals surface area contributed by atoms with Crippen molar-refractivity contribution in [2.24, 2.45) is 0 Å². The fourth-order valence-corrected chi connectivity index (χ4v) is 2.57. The van der Waals surface area contributed by atoms with Gasteiger partial charge in [-0.1, -0.05) is 24.6 Å². The average Bonchev–Trinajstić information content (AvgIpc) is 3.25. The summed E-state index contributed by atoms with van der Waals surface area (Å²) in [5.74, 6) is 0.781. The van der Waals surface area contributed by atoms with Crippen molar-refractivity contribution in [3.05, 3.63) is 28.8 Å². The number of likely N-dealkylation sites (N-methyl/N-ethyl adjacent to an activating group) is 1. The fraction of sp³-hybridized carbons (Fsp3) is 0.625. The summed E-state index contributed by atoms with van der Waals surface area (Å²) in [6, 6.07) is 7.14. The van der Waals surface area contributed by atoms with Crippen molar-refractivity contribution in [3.8, 4) is 5.75 Å². The Morgan fingerprint density at radius 1 is 1.45 bits per heavy atom.